The lowest BCUT2D eigenvalue weighted by atomic mass is 9.85. The lowest BCUT2D eigenvalue weighted by Crippen LogP contribution is -2.51. The standard InChI is InChI=1S/C26H32ClN5O3/c1-26(2,3)23(32-12-19(29-30-32)13-4-5-13)25(35)31-11-16(33)10-20(31)24(34)28-22-18-9-14-8-15(27)6-7-17(14)21(18)22/h6-8,12-13,16,18,20-23,33H,4-5,9-11H2,1-3H3,(H,28,34)/t16-,18?,20+,21?,22?,23+/m1/s1. The first-order valence-corrected chi connectivity index (χ1v) is 13.0. The summed E-state index contributed by atoms with van der Waals surface area (Å²) >= 11 is 6.13. The second kappa shape index (κ2) is 8.03. The SMILES string of the molecule is CC(C)(C)[C@H](C(=O)N1C[C@H](O)C[C@H]1C(=O)NC1C2Cc3cc(Cl)ccc3C21)n1cc(C2CC2)nn1. The molecular weight excluding hydrogens is 466 g/mol. The van der Waals surface area contributed by atoms with Gasteiger partial charge in [-0.2, -0.15) is 0 Å². The number of carbonyl (C=O) groups is 2. The Morgan fingerprint density at radius 1 is 1.26 bits per heavy atom. The average Bonchev–Trinajstić information content (AvgIpc) is 3.56. The molecule has 2 amide bonds. The highest BCUT2D eigenvalue weighted by Gasteiger charge is 2.57. The Bertz CT molecular complexity index is 1190. The van der Waals surface area contributed by atoms with Crippen molar-refractivity contribution in [3.05, 3.63) is 46.2 Å². The summed E-state index contributed by atoms with van der Waals surface area (Å²) in [6.07, 6.45) is 4.51. The third-order valence-electron chi connectivity index (χ3n) is 8.10. The molecule has 6 atom stereocenters. The van der Waals surface area contributed by atoms with E-state index in [0.29, 0.717) is 17.8 Å². The molecule has 1 saturated heterocycles. The van der Waals surface area contributed by atoms with E-state index in [1.165, 1.54) is 11.1 Å². The number of nitrogens with one attached hydrogen (secondary N) is 1. The van der Waals surface area contributed by atoms with Crippen LogP contribution in [-0.4, -0.2) is 61.5 Å². The van der Waals surface area contributed by atoms with Gasteiger partial charge >= 0.3 is 0 Å². The molecule has 6 rings (SSSR count). The van der Waals surface area contributed by atoms with Crippen LogP contribution in [0.2, 0.25) is 5.02 Å². The number of benzene rings is 1. The number of nitrogens with zero attached hydrogens (tertiary/aromatic N) is 4. The van der Waals surface area contributed by atoms with E-state index in [1.54, 1.807) is 9.58 Å². The monoisotopic (exact) mass is 497 g/mol. The number of amides is 2. The molecular formula is C26H32ClN5O3. The van der Waals surface area contributed by atoms with Crippen molar-refractivity contribution < 1.29 is 14.7 Å². The number of rotatable bonds is 5. The number of aliphatic hydroxyl groups excluding tert-OH is 1. The molecule has 2 N–H and O–H groups in total. The van der Waals surface area contributed by atoms with Crippen molar-refractivity contribution >= 4 is 23.4 Å². The van der Waals surface area contributed by atoms with Crippen LogP contribution in [-0.2, 0) is 16.0 Å². The van der Waals surface area contributed by atoms with Gasteiger partial charge in [-0.1, -0.05) is 43.7 Å². The van der Waals surface area contributed by atoms with E-state index in [1.807, 2.05) is 39.1 Å². The summed E-state index contributed by atoms with van der Waals surface area (Å²) in [5.41, 5.74) is 3.00. The van der Waals surface area contributed by atoms with Crippen molar-refractivity contribution in [2.45, 2.75) is 82.5 Å². The topological polar surface area (TPSA) is 100 Å². The Hall–Kier alpha value is -2.45. The molecule has 3 unspecified atom stereocenters. The van der Waals surface area contributed by atoms with Gasteiger partial charge in [0.05, 0.1) is 11.8 Å². The molecule has 0 radical (unpaired) electrons. The van der Waals surface area contributed by atoms with Crippen LogP contribution in [0, 0.1) is 11.3 Å². The van der Waals surface area contributed by atoms with Crippen LogP contribution in [0.25, 0.3) is 0 Å². The minimum absolute atomic E-state index is 0.0701. The first-order valence-electron chi connectivity index (χ1n) is 12.6. The quantitative estimate of drug-likeness (QED) is 0.661. The average molecular weight is 498 g/mol. The Morgan fingerprint density at radius 2 is 2.03 bits per heavy atom. The van der Waals surface area contributed by atoms with Gasteiger partial charge in [0, 0.05) is 42.1 Å². The third kappa shape index (κ3) is 4.04. The molecule has 3 fully saturated rings. The number of carbonyl (C=O) groups excluding carboxylic acids is 2. The summed E-state index contributed by atoms with van der Waals surface area (Å²) in [6.45, 7) is 6.12. The molecule has 186 valence electrons. The maximum Gasteiger partial charge on any atom is 0.248 e. The van der Waals surface area contributed by atoms with Gasteiger partial charge in [0.2, 0.25) is 11.8 Å². The lowest BCUT2D eigenvalue weighted by Gasteiger charge is -2.34. The number of hydrogen-bond donors (Lipinski definition) is 2. The molecule has 4 aliphatic rings. The number of aromatic nitrogens is 3. The highest BCUT2D eigenvalue weighted by Crippen LogP contribution is 2.56. The fourth-order valence-corrected chi connectivity index (χ4v) is 6.36. The van der Waals surface area contributed by atoms with E-state index >= 15 is 0 Å². The van der Waals surface area contributed by atoms with E-state index in [4.69, 9.17) is 11.6 Å². The van der Waals surface area contributed by atoms with Crippen molar-refractivity contribution in [2.24, 2.45) is 11.3 Å². The van der Waals surface area contributed by atoms with Crippen LogP contribution in [0.1, 0.15) is 74.7 Å². The van der Waals surface area contributed by atoms with Gasteiger partial charge in [0.15, 0.2) is 0 Å². The number of aliphatic hydroxyl groups is 1. The maximum atomic E-state index is 13.9. The molecule has 0 bridgehead atoms. The van der Waals surface area contributed by atoms with Gasteiger partial charge in [-0.15, -0.1) is 5.10 Å². The minimum Gasteiger partial charge on any atom is -0.391 e. The van der Waals surface area contributed by atoms with Gasteiger partial charge in [0.1, 0.15) is 12.1 Å². The first kappa shape index (κ1) is 23.0. The first-order chi connectivity index (χ1) is 16.6. The predicted octanol–water partition coefficient (Wildman–Crippen LogP) is 2.81. The summed E-state index contributed by atoms with van der Waals surface area (Å²) in [6, 6.07) is 4.74. The highest BCUT2D eigenvalue weighted by molar-refractivity contribution is 6.30. The smallest absolute Gasteiger partial charge is 0.248 e. The lowest BCUT2D eigenvalue weighted by molar-refractivity contribution is -0.144. The zero-order valence-corrected chi connectivity index (χ0v) is 21.1. The van der Waals surface area contributed by atoms with Crippen LogP contribution in [0.5, 0.6) is 0 Å². The zero-order chi connectivity index (χ0) is 24.6. The largest absolute Gasteiger partial charge is 0.391 e. The molecule has 1 aliphatic heterocycles. The van der Waals surface area contributed by atoms with Crippen molar-refractivity contribution in [1.29, 1.82) is 0 Å². The molecule has 35 heavy (non-hydrogen) atoms. The van der Waals surface area contributed by atoms with Crippen molar-refractivity contribution in [3.63, 3.8) is 0 Å². The summed E-state index contributed by atoms with van der Waals surface area (Å²) in [5, 5.41) is 23.0. The molecule has 1 aromatic heterocycles. The van der Waals surface area contributed by atoms with Gasteiger partial charge in [0.25, 0.3) is 0 Å². The summed E-state index contributed by atoms with van der Waals surface area (Å²) in [7, 11) is 0. The number of fused-ring (bicyclic) bond motifs is 3. The van der Waals surface area contributed by atoms with Crippen LogP contribution < -0.4 is 5.32 Å². The highest BCUT2D eigenvalue weighted by atomic mass is 35.5. The van der Waals surface area contributed by atoms with Gasteiger partial charge in [-0.05, 0) is 53.9 Å². The van der Waals surface area contributed by atoms with E-state index in [2.05, 4.69) is 21.7 Å². The number of likely N-dealkylation sites (tertiary alicyclic amines) is 1. The number of halogens is 1. The van der Waals surface area contributed by atoms with E-state index < -0.39 is 23.6 Å². The molecule has 3 aliphatic carbocycles. The molecule has 2 heterocycles. The molecule has 1 aromatic carbocycles. The Labute approximate surface area is 210 Å². The van der Waals surface area contributed by atoms with Crippen LogP contribution in [0.3, 0.4) is 0 Å². The summed E-state index contributed by atoms with van der Waals surface area (Å²) < 4.78 is 1.66. The Morgan fingerprint density at radius 3 is 2.74 bits per heavy atom. The molecule has 0 spiro atoms. The molecule has 2 saturated carbocycles. The zero-order valence-electron chi connectivity index (χ0n) is 20.3. The fraction of sp³-hybridized carbons (Fsp3) is 0.615. The molecule has 2 aromatic rings. The Balaban J connectivity index is 1.19. The fourth-order valence-electron chi connectivity index (χ4n) is 6.17. The number of hydrogen-bond acceptors (Lipinski definition) is 5. The van der Waals surface area contributed by atoms with Gasteiger partial charge in [-0.3, -0.25) is 9.59 Å². The number of β-amino-alcohol motifs (C(OH)–C–C–N with tert-alkyl or cyclic N) is 1. The third-order valence-corrected chi connectivity index (χ3v) is 8.34. The minimum atomic E-state index is -0.727. The van der Waals surface area contributed by atoms with Gasteiger partial charge < -0.3 is 15.3 Å². The maximum absolute atomic E-state index is 13.9. The second-order valence-electron chi connectivity index (χ2n) is 11.8. The van der Waals surface area contributed by atoms with Crippen LogP contribution in [0.15, 0.2) is 24.4 Å². The molecule has 8 nitrogen and oxygen atoms in total. The summed E-state index contributed by atoms with van der Waals surface area (Å²) in [4.78, 5) is 28.8. The van der Waals surface area contributed by atoms with Crippen molar-refractivity contribution in [3.8, 4) is 0 Å². The summed E-state index contributed by atoms with van der Waals surface area (Å²) in [5.74, 6) is 0.735. The normalized spacial score (nSPS) is 30.1. The van der Waals surface area contributed by atoms with Crippen molar-refractivity contribution in [2.75, 3.05) is 6.54 Å². The van der Waals surface area contributed by atoms with E-state index in [-0.39, 0.29) is 30.8 Å². The Kier molecular flexibility index (Phi) is 5.27. The van der Waals surface area contributed by atoms with E-state index in [9.17, 15) is 14.7 Å². The van der Waals surface area contributed by atoms with Crippen LogP contribution >= 0.6 is 11.6 Å². The van der Waals surface area contributed by atoms with Crippen molar-refractivity contribution in [1.82, 2.24) is 25.2 Å². The van der Waals surface area contributed by atoms with Crippen LogP contribution in [0.4, 0.5) is 0 Å². The van der Waals surface area contributed by atoms with Gasteiger partial charge in [-0.25, -0.2) is 4.68 Å². The molecule has 9 heteroatoms. The predicted molar refractivity (Wildman–Crippen MR) is 130 cm³/mol. The second-order valence-corrected chi connectivity index (χ2v) is 12.3. The van der Waals surface area contributed by atoms with E-state index in [0.717, 1.165) is 30.0 Å².